The van der Waals surface area contributed by atoms with Crippen LogP contribution in [0.4, 0.5) is 13.2 Å². The molecule has 2 aliphatic rings. The van der Waals surface area contributed by atoms with Gasteiger partial charge in [0.15, 0.2) is 0 Å². The van der Waals surface area contributed by atoms with Gasteiger partial charge in [0, 0.05) is 25.2 Å². The number of rotatable bonds is 10. The molecule has 1 aromatic heterocycles. The lowest BCUT2D eigenvalue weighted by atomic mass is 9.67. The van der Waals surface area contributed by atoms with Crippen LogP contribution in [0, 0.1) is 5.41 Å². The molecule has 2 heterocycles. The van der Waals surface area contributed by atoms with Crippen LogP contribution >= 0.6 is 0 Å². The second-order valence-electron chi connectivity index (χ2n) is 9.16. The van der Waals surface area contributed by atoms with Gasteiger partial charge in [-0.1, -0.05) is 6.92 Å². The van der Waals surface area contributed by atoms with Crippen LogP contribution in [0.2, 0.25) is 0 Å². The zero-order chi connectivity index (χ0) is 22.5. The molecule has 31 heavy (non-hydrogen) atoms. The summed E-state index contributed by atoms with van der Waals surface area (Å²) >= 11 is 0. The average Bonchev–Trinajstić information content (AvgIpc) is 3.09. The van der Waals surface area contributed by atoms with Crippen LogP contribution in [0.25, 0.3) is 0 Å². The maximum Gasteiger partial charge on any atom is 0.411 e. The van der Waals surface area contributed by atoms with Gasteiger partial charge >= 0.3 is 6.18 Å². The fourth-order valence-electron chi connectivity index (χ4n) is 4.95. The molecule has 0 radical (unpaired) electrons. The minimum absolute atomic E-state index is 0.158. The Kier molecular flexibility index (Phi) is 8.40. The van der Waals surface area contributed by atoms with Crippen molar-refractivity contribution in [2.75, 3.05) is 47.0 Å². The van der Waals surface area contributed by atoms with Crippen LogP contribution < -0.4 is 5.32 Å². The average molecular weight is 447 g/mol. The van der Waals surface area contributed by atoms with Gasteiger partial charge in [0.05, 0.1) is 37.8 Å². The molecule has 1 N–H and O–H groups in total. The molecule has 0 unspecified atom stereocenters. The number of nitrogens with one attached hydrogen (secondary N) is 1. The predicted molar refractivity (Wildman–Crippen MR) is 113 cm³/mol. The maximum absolute atomic E-state index is 12.5. The molecule has 178 valence electrons. The van der Waals surface area contributed by atoms with Crippen LogP contribution in [0.15, 0.2) is 0 Å². The van der Waals surface area contributed by atoms with E-state index in [0.717, 1.165) is 64.0 Å². The van der Waals surface area contributed by atoms with Crippen molar-refractivity contribution in [2.45, 2.75) is 70.8 Å². The first kappa shape index (κ1) is 24.5. The molecule has 1 saturated carbocycles. The Hall–Kier alpha value is -1.16. The Morgan fingerprint density at radius 2 is 2.06 bits per heavy atom. The summed E-state index contributed by atoms with van der Waals surface area (Å²) in [6.45, 7) is 5.80. The highest BCUT2D eigenvalue weighted by molar-refractivity contribution is 5.31. The third-order valence-electron chi connectivity index (χ3n) is 6.90. The number of halogens is 3. The molecule has 0 amide bonds. The van der Waals surface area contributed by atoms with E-state index in [1.54, 1.807) is 0 Å². The smallest absolute Gasteiger partial charge is 0.373 e. The van der Waals surface area contributed by atoms with Crippen LogP contribution in [0.1, 0.15) is 61.9 Å². The molecule has 0 spiro atoms. The number of alkyl halides is 3. The standard InChI is InChI=1S/C22H37F3N4O2/c1-4-21(15-31-16-22(23,24)25)7-5-17(6-8-21)20-18(13-28(3)10-9-26-2)27-29-11-12-30-14-19(20)29/h17,26H,4-16H2,1-3H3. The van der Waals surface area contributed by atoms with E-state index in [9.17, 15) is 13.2 Å². The van der Waals surface area contributed by atoms with Crippen molar-refractivity contribution in [3.63, 3.8) is 0 Å². The Bertz CT molecular complexity index is 700. The number of fused-ring (bicyclic) bond motifs is 1. The molecule has 1 aliphatic carbocycles. The second-order valence-corrected chi connectivity index (χ2v) is 9.16. The van der Waals surface area contributed by atoms with Crippen molar-refractivity contribution in [1.29, 1.82) is 0 Å². The molecule has 0 bridgehead atoms. The summed E-state index contributed by atoms with van der Waals surface area (Å²) in [6, 6.07) is 0. The number of ether oxygens (including phenoxy) is 2. The topological polar surface area (TPSA) is 51.5 Å². The molecule has 1 aromatic rings. The van der Waals surface area contributed by atoms with E-state index in [1.165, 1.54) is 11.3 Å². The summed E-state index contributed by atoms with van der Waals surface area (Å²) < 4.78 is 50.5. The highest BCUT2D eigenvalue weighted by Gasteiger charge is 2.38. The summed E-state index contributed by atoms with van der Waals surface area (Å²) in [7, 11) is 4.06. The molecular weight excluding hydrogens is 409 g/mol. The molecular formula is C22H37F3N4O2. The minimum atomic E-state index is -4.27. The van der Waals surface area contributed by atoms with E-state index in [2.05, 4.69) is 28.9 Å². The summed E-state index contributed by atoms with van der Waals surface area (Å²) in [5.74, 6) is 0.375. The molecule has 0 saturated heterocycles. The van der Waals surface area contributed by atoms with Gasteiger partial charge in [0.25, 0.3) is 0 Å². The van der Waals surface area contributed by atoms with Crippen molar-refractivity contribution < 1.29 is 22.6 Å². The normalized spacial score (nSPS) is 24.5. The second kappa shape index (κ2) is 10.6. The van der Waals surface area contributed by atoms with Crippen molar-refractivity contribution >= 4 is 0 Å². The SMILES string of the molecule is CCC1(COCC(F)(F)F)CCC(c2c(CN(C)CCNC)nn3c2COCC3)CC1. The van der Waals surface area contributed by atoms with E-state index in [1.807, 2.05) is 7.05 Å². The molecule has 0 atom stereocenters. The van der Waals surface area contributed by atoms with Crippen LogP contribution in [-0.2, 0) is 29.2 Å². The molecule has 3 rings (SSSR count). The van der Waals surface area contributed by atoms with Gasteiger partial charge in [0.2, 0.25) is 0 Å². The summed E-state index contributed by atoms with van der Waals surface area (Å²) in [5, 5.41) is 8.12. The van der Waals surface area contributed by atoms with Crippen molar-refractivity contribution in [3.05, 3.63) is 17.0 Å². The summed E-state index contributed by atoms with van der Waals surface area (Å²) in [4.78, 5) is 2.28. The molecule has 0 aromatic carbocycles. The zero-order valence-electron chi connectivity index (χ0n) is 19.1. The quantitative estimate of drug-likeness (QED) is 0.594. The number of likely N-dealkylation sites (N-methyl/N-ethyl adjacent to an activating group) is 2. The van der Waals surface area contributed by atoms with E-state index in [4.69, 9.17) is 14.6 Å². The van der Waals surface area contributed by atoms with E-state index in [0.29, 0.717) is 19.1 Å². The van der Waals surface area contributed by atoms with E-state index in [-0.39, 0.29) is 12.0 Å². The molecule has 1 aliphatic heterocycles. The van der Waals surface area contributed by atoms with E-state index < -0.39 is 12.8 Å². The Balaban J connectivity index is 1.70. The van der Waals surface area contributed by atoms with Gasteiger partial charge < -0.3 is 14.8 Å². The lowest BCUT2D eigenvalue weighted by Crippen LogP contribution is -2.33. The van der Waals surface area contributed by atoms with Crippen molar-refractivity contribution in [1.82, 2.24) is 20.0 Å². The first-order valence-corrected chi connectivity index (χ1v) is 11.4. The number of aromatic nitrogens is 2. The Morgan fingerprint density at radius 3 is 2.71 bits per heavy atom. The fourth-order valence-corrected chi connectivity index (χ4v) is 4.95. The van der Waals surface area contributed by atoms with Gasteiger partial charge in [-0.25, -0.2) is 0 Å². The number of nitrogens with zero attached hydrogens (tertiary/aromatic N) is 3. The molecule has 6 nitrogen and oxygen atoms in total. The van der Waals surface area contributed by atoms with Crippen molar-refractivity contribution in [2.24, 2.45) is 5.41 Å². The highest BCUT2D eigenvalue weighted by atomic mass is 19.4. The van der Waals surface area contributed by atoms with Gasteiger partial charge in [0.1, 0.15) is 6.61 Å². The van der Waals surface area contributed by atoms with Gasteiger partial charge in [-0.15, -0.1) is 0 Å². The zero-order valence-corrected chi connectivity index (χ0v) is 19.1. The van der Waals surface area contributed by atoms with Gasteiger partial charge in [-0.05, 0) is 57.5 Å². The lowest BCUT2D eigenvalue weighted by molar-refractivity contribution is -0.182. The first-order valence-electron chi connectivity index (χ1n) is 11.4. The Morgan fingerprint density at radius 1 is 1.32 bits per heavy atom. The highest BCUT2D eigenvalue weighted by Crippen LogP contribution is 2.47. The third kappa shape index (κ3) is 6.43. The first-order chi connectivity index (χ1) is 14.8. The lowest BCUT2D eigenvalue weighted by Gasteiger charge is -2.40. The Labute approximate surface area is 183 Å². The molecule has 1 fully saturated rings. The number of hydrogen-bond donors (Lipinski definition) is 1. The minimum Gasteiger partial charge on any atom is -0.373 e. The van der Waals surface area contributed by atoms with Crippen LogP contribution in [0.3, 0.4) is 0 Å². The molecule has 9 heteroatoms. The van der Waals surface area contributed by atoms with Crippen LogP contribution in [0.5, 0.6) is 0 Å². The van der Waals surface area contributed by atoms with Gasteiger partial charge in [-0.2, -0.15) is 18.3 Å². The maximum atomic E-state index is 12.5. The largest absolute Gasteiger partial charge is 0.411 e. The summed E-state index contributed by atoms with van der Waals surface area (Å²) in [5.41, 5.74) is 3.47. The summed E-state index contributed by atoms with van der Waals surface area (Å²) in [6.07, 6.45) is 0.243. The predicted octanol–water partition coefficient (Wildman–Crippen LogP) is 3.70. The third-order valence-corrected chi connectivity index (χ3v) is 6.90. The number of hydrogen-bond acceptors (Lipinski definition) is 5. The van der Waals surface area contributed by atoms with Gasteiger partial charge in [-0.3, -0.25) is 9.58 Å². The van der Waals surface area contributed by atoms with E-state index >= 15 is 0 Å². The monoisotopic (exact) mass is 446 g/mol. The fraction of sp³-hybridized carbons (Fsp3) is 0.864. The van der Waals surface area contributed by atoms with Crippen LogP contribution in [-0.4, -0.2) is 67.9 Å². The van der Waals surface area contributed by atoms with Crippen molar-refractivity contribution in [3.8, 4) is 0 Å².